The zero-order chi connectivity index (χ0) is 20.5. The van der Waals surface area contributed by atoms with Crippen molar-refractivity contribution in [2.45, 2.75) is 25.4 Å². The molecular formula is C22H15FN2O4. The molecule has 0 N–H and O–H groups in total. The molecular weight excluding hydrogens is 375 g/mol. The van der Waals surface area contributed by atoms with Gasteiger partial charge in [0, 0.05) is 18.9 Å². The first-order valence-electron chi connectivity index (χ1n) is 9.14. The summed E-state index contributed by atoms with van der Waals surface area (Å²) in [5.74, 6) is 0.283. The Morgan fingerprint density at radius 1 is 1.10 bits per heavy atom. The molecule has 0 radical (unpaired) electrons. The number of carbonyl (C=O) groups is 3. The molecule has 3 amide bonds. The van der Waals surface area contributed by atoms with Crippen LogP contribution in [-0.4, -0.2) is 29.9 Å². The molecule has 1 aliphatic carbocycles. The fraction of sp³-hybridized carbons (Fsp3) is 0.227. The number of carbonyl (C=O) groups excluding carboxylic acids is 3. The van der Waals surface area contributed by atoms with Crippen LogP contribution >= 0.6 is 0 Å². The largest absolute Gasteiger partial charge is 0.475 e. The lowest BCUT2D eigenvalue weighted by atomic mass is 10.1. The number of fused-ring (bicyclic) bond motifs is 2. The lowest BCUT2D eigenvalue weighted by Gasteiger charge is -2.34. The van der Waals surface area contributed by atoms with Crippen molar-refractivity contribution in [2.24, 2.45) is 0 Å². The monoisotopic (exact) mass is 390 g/mol. The highest BCUT2D eigenvalue weighted by Crippen LogP contribution is 2.50. The van der Waals surface area contributed by atoms with E-state index >= 15 is 0 Å². The van der Waals surface area contributed by atoms with E-state index in [9.17, 15) is 18.8 Å². The molecule has 2 aromatic carbocycles. The number of hydrogen-bond acceptors (Lipinski definition) is 4. The summed E-state index contributed by atoms with van der Waals surface area (Å²) in [5.41, 5.74) is 0.267. The van der Waals surface area contributed by atoms with E-state index < -0.39 is 23.2 Å². The van der Waals surface area contributed by atoms with Crippen molar-refractivity contribution < 1.29 is 23.5 Å². The number of ether oxygens (including phenoxy) is 1. The molecule has 6 nitrogen and oxygen atoms in total. The number of halogens is 1. The number of anilines is 2. The van der Waals surface area contributed by atoms with Crippen molar-refractivity contribution in [3.05, 3.63) is 52.8 Å². The summed E-state index contributed by atoms with van der Waals surface area (Å²) in [4.78, 5) is 40.6. The van der Waals surface area contributed by atoms with Crippen LogP contribution in [0.1, 0.15) is 39.1 Å². The average molecular weight is 390 g/mol. The highest BCUT2D eigenvalue weighted by molar-refractivity contribution is 6.34. The van der Waals surface area contributed by atoms with Gasteiger partial charge < -0.3 is 4.74 Å². The first-order chi connectivity index (χ1) is 13.9. The van der Waals surface area contributed by atoms with E-state index in [1.54, 1.807) is 25.1 Å². The van der Waals surface area contributed by atoms with Crippen LogP contribution in [0.5, 0.6) is 5.75 Å². The fourth-order valence-corrected chi connectivity index (χ4v) is 3.86. The van der Waals surface area contributed by atoms with Crippen LogP contribution in [0.15, 0.2) is 30.3 Å². The Morgan fingerprint density at radius 2 is 1.83 bits per heavy atom. The van der Waals surface area contributed by atoms with Crippen LogP contribution < -0.4 is 14.5 Å². The number of benzene rings is 2. The molecule has 2 aromatic rings. The molecule has 2 heterocycles. The zero-order valence-corrected chi connectivity index (χ0v) is 15.5. The van der Waals surface area contributed by atoms with Crippen LogP contribution in [-0.2, 0) is 4.79 Å². The SMILES string of the molecule is C#CCN1C(=O)C2(CC2)Oc2cc(F)c(N3C(=O)c4ccc(C)cc4C3=O)cc21. The second-order valence-corrected chi connectivity index (χ2v) is 7.46. The predicted molar refractivity (Wildman–Crippen MR) is 102 cm³/mol. The van der Waals surface area contributed by atoms with Crippen molar-refractivity contribution in [3.8, 4) is 18.1 Å². The lowest BCUT2D eigenvalue weighted by Crippen LogP contribution is -2.48. The maximum atomic E-state index is 15.0. The molecule has 5 rings (SSSR count). The molecule has 0 unspecified atom stereocenters. The van der Waals surface area contributed by atoms with Gasteiger partial charge in [0.25, 0.3) is 17.7 Å². The number of imide groups is 1. The smallest absolute Gasteiger partial charge is 0.272 e. The lowest BCUT2D eigenvalue weighted by molar-refractivity contribution is -0.128. The minimum absolute atomic E-state index is 0.0245. The maximum Gasteiger partial charge on any atom is 0.272 e. The molecule has 0 aromatic heterocycles. The van der Waals surface area contributed by atoms with Crippen LogP contribution in [0.25, 0.3) is 0 Å². The average Bonchev–Trinajstić information content (AvgIpc) is 3.42. The third kappa shape index (κ3) is 2.32. The van der Waals surface area contributed by atoms with E-state index in [-0.39, 0.29) is 40.7 Å². The Kier molecular flexibility index (Phi) is 3.41. The molecule has 0 atom stereocenters. The minimum Gasteiger partial charge on any atom is -0.475 e. The Balaban J connectivity index is 1.63. The van der Waals surface area contributed by atoms with Crippen molar-refractivity contribution in [2.75, 3.05) is 16.3 Å². The molecule has 29 heavy (non-hydrogen) atoms. The summed E-state index contributed by atoms with van der Waals surface area (Å²) >= 11 is 0. The number of amides is 3. The summed E-state index contributed by atoms with van der Waals surface area (Å²) in [6.07, 6.45) is 6.49. The van der Waals surface area contributed by atoms with E-state index in [4.69, 9.17) is 11.2 Å². The topological polar surface area (TPSA) is 66.9 Å². The van der Waals surface area contributed by atoms with Crippen molar-refractivity contribution >= 4 is 29.1 Å². The van der Waals surface area contributed by atoms with Crippen LogP contribution in [0.2, 0.25) is 0 Å². The van der Waals surface area contributed by atoms with Gasteiger partial charge in [0.2, 0.25) is 0 Å². The highest BCUT2D eigenvalue weighted by Gasteiger charge is 2.58. The van der Waals surface area contributed by atoms with Crippen molar-refractivity contribution in [1.29, 1.82) is 0 Å². The number of hydrogen-bond donors (Lipinski definition) is 0. The quantitative estimate of drug-likeness (QED) is 0.584. The second kappa shape index (κ2) is 5.67. The summed E-state index contributed by atoms with van der Waals surface area (Å²) < 4.78 is 20.8. The van der Waals surface area contributed by atoms with Crippen LogP contribution in [0.3, 0.4) is 0 Å². The molecule has 0 bridgehead atoms. The van der Waals surface area contributed by atoms with Crippen molar-refractivity contribution in [1.82, 2.24) is 0 Å². The predicted octanol–water partition coefficient (Wildman–Crippen LogP) is 2.83. The number of aryl methyl sites for hydroxylation is 1. The molecule has 0 saturated heterocycles. The van der Waals surface area contributed by atoms with Gasteiger partial charge in [-0.2, -0.15) is 0 Å². The minimum atomic E-state index is -0.981. The van der Waals surface area contributed by atoms with E-state index in [0.717, 1.165) is 16.5 Å². The van der Waals surface area contributed by atoms with E-state index in [1.165, 1.54) is 11.0 Å². The number of nitrogens with zero attached hydrogens (tertiary/aromatic N) is 2. The molecule has 1 spiro atoms. The number of rotatable bonds is 2. The Hall–Kier alpha value is -3.66. The highest BCUT2D eigenvalue weighted by atomic mass is 19.1. The third-order valence-corrected chi connectivity index (χ3v) is 5.50. The maximum absolute atomic E-state index is 15.0. The summed E-state index contributed by atoms with van der Waals surface area (Å²) in [6, 6.07) is 7.25. The van der Waals surface area contributed by atoms with Gasteiger partial charge in [0.05, 0.1) is 29.0 Å². The van der Waals surface area contributed by atoms with E-state index in [2.05, 4.69) is 5.92 Å². The Labute approximate surface area is 165 Å². The molecule has 7 heteroatoms. The first-order valence-corrected chi connectivity index (χ1v) is 9.14. The normalized spacial score (nSPS) is 18.4. The van der Waals surface area contributed by atoms with E-state index in [1.807, 2.05) is 0 Å². The Morgan fingerprint density at radius 3 is 2.52 bits per heavy atom. The summed E-state index contributed by atoms with van der Waals surface area (Å²) in [5, 5.41) is 0. The van der Waals surface area contributed by atoms with Gasteiger partial charge in [0.15, 0.2) is 11.4 Å². The molecule has 3 aliphatic rings. The fourth-order valence-electron chi connectivity index (χ4n) is 3.86. The molecule has 144 valence electrons. The van der Waals surface area contributed by atoms with Gasteiger partial charge in [-0.1, -0.05) is 17.6 Å². The van der Waals surface area contributed by atoms with Gasteiger partial charge in [-0.15, -0.1) is 6.42 Å². The first kappa shape index (κ1) is 17.4. The second-order valence-electron chi connectivity index (χ2n) is 7.46. The summed E-state index contributed by atoms with van der Waals surface area (Å²) in [6.45, 7) is 1.78. The summed E-state index contributed by atoms with van der Waals surface area (Å²) in [7, 11) is 0. The molecule has 2 aliphatic heterocycles. The van der Waals surface area contributed by atoms with Gasteiger partial charge in [-0.3, -0.25) is 19.3 Å². The number of terminal acetylenes is 1. The third-order valence-electron chi connectivity index (χ3n) is 5.50. The van der Waals surface area contributed by atoms with Gasteiger partial charge in [-0.05, 0) is 25.1 Å². The zero-order valence-electron chi connectivity index (χ0n) is 15.5. The van der Waals surface area contributed by atoms with E-state index in [0.29, 0.717) is 12.8 Å². The van der Waals surface area contributed by atoms with Crippen LogP contribution in [0.4, 0.5) is 15.8 Å². The van der Waals surface area contributed by atoms with Gasteiger partial charge >= 0.3 is 0 Å². The van der Waals surface area contributed by atoms with Gasteiger partial charge in [0.1, 0.15) is 5.75 Å². The molecule has 1 fully saturated rings. The molecule has 1 saturated carbocycles. The van der Waals surface area contributed by atoms with Crippen LogP contribution in [0, 0.1) is 25.1 Å². The van der Waals surface area contributed by atoms with Gasteiger partial charge in [-0.25, -0.2) is 9.29 Å². The van der Waals surface area contributed by atoms with Crippen molar-refractivity contribution in [3.63, 3.8) is 0 Å². The standard InChI is InChI=1S/C22H15FN2O4/c1-3-8-24-17-11-16(15(23)10-18(17)29-22(6-7-22)21(24)28)25-19(26)13-5-4-12(2)9-14(13)20(25)27/h1,4-5,9-11H,6-8H2,2H3. The Bertz CT molecular complexity index is 1180.